The second kappa shape index (κ2) is 16.9. The van der Waals surface area contributed by atoms with Crippen LogP contribution in [0.1, 0.15) is 74.7 Å². The number of para-hydroxylation sites is 1. The van der Waals surface area contributed by atoms with Gasteiger partial charge in [0.2, 0.25) is 5.56 Å². The van der Waals surface area contributed by atoms with Gasteiger partial charge in [-0.15, -0.1) is 0 Å². The summed E-state index contributed by atoms with van der Waals surface area (Å²) < 4.78 is 24.8. The molecule has 0 aliphatic rings. The maximum Gasteiger partial charge on any atom is 0.410 e. The maximum atomic E-state index is 13.9. The number of benzene rings is 4. The number of carbonyl (C=O) groups excluding carboxylic acids is 2. The van der Waals surface area contributed by atoms with Gasteiger partial charge in [-0.05, 0) is 98.4 Å². The molecule has 0 aliphatic heterocycles. The maximum absolute atomic E-state index is 13.9. The predicted molar refractivity (Wildman–Crippen MR) is 216 cm³/mol. The van der Waals surface area contributed by atoms with Crippen molar-refractivity contribution in [2.24, 2.45) is 0 Å². The van der Waals surface area contributed by atoms with Gasteiger partial charge in [0.05, 0.1) is 23.7 Å². The molecule has 1 unspecified atom stereocenters. The molecule has 0 aliphatic carbocycles. The lowest BCUT2D eigenvalue weighted by Crippen LogP contribution is -2.46. The van der Waals surface area contributed by atoms with Crippen LogP contribution in [0.25, 0.3) is 10.9 Å². The van der Waals surface area contributed by atoms with Crippen molar-refractivity contribution in [3.8, 4) is 11.5 Å². The summed E-state index contributed by atoms with van der Waals surface area (Å²) in [5.74, 6) is 0.572. The Kier molecular flexibility index (Phi) is 12.5. The number of esters is 1. The molecule has 0 spiro atoms. The fourth-order valence-corrected chi connectivity index (χ4v) is 6.89. The second-order valence-corrected chi connectivity index (χ2v) is 20.7. The van der Waals surface area contributed by atoms with Crippen LogP contribution in [-0.4, -0.2) is 49.0 Å². The monoisotopic (exact) mass is 748 g/mol. The van der Waals surface area contributed by atoms with Crippen molar-refractivity contribution in [1.29, 1.82) is 0 Å². The zero-order valence-electron chi connectivity index (χ0n) is 32.6. The standard InChI is InChI=1S/C44H52N2O7Si/c1-43(2,3)52-42(49)46(28-27-31-19-21-33(22-20-31)41(48)51-34-17-13-10-14-18-34)29-38(53-54(7,8)44(4,5)6)35-23-25-37(40-36(35)24-26-39(47)45-40)50-30-32-15-11-9-12-16-32/h9-26,38H,27-30H2,1-8H3,(H,45,47). The summed E-state index contributed by atoms with van der Waals surface area (Å²) in [5.41, 5.74) is 2.78. The minimum atomic E-state index is -2.43. The van der Waals surface area contributed by atoms with Gasteiger partial charge >= 0.3 is 12.1 Å². The van der Waals surface area contributed by atoms with E-state index in [4.69, 9.17) is 18.6 Å². The lowest BCUT2D eigenvalue weighted by molar-refractivity contribution is 0.0159. The average molecular weight is 749 g/mol. The molecule has 5 aromatic rings. The summed E-state index contributed by atoms with van der Waals surface area (Å²) in [4.78, 5) is 44.1. The zero-order chi connectivity index (χ0) is 39.1. The van der Waals surface area contributed by atoms with Crippen LogP contribution in [0.2, 0.25) is 18.1 Å². The molecular weight excluding hydrogens is 697 g/mol. The van der Waals surface area contributed by atoms with E-state index in [-0.39, 0.29) is 17.1 Å². The number of aromatic amines is 1. The SMILES string of the molecule is CC(C)(C)OC(=O)N(CCc1ccc(C(=O)Oc2ccccc2)cc1)CC(O[Si](C)(C)C(C)(C)C)c1ccc(OCc2ccccc2)c2[nH]c(=O)ccc12. The van der Waals surface area contributed by atoms with Crippen molar-refractivity contribution in [2.45, 2.75) is 84.4 Å². The smallest absolute Gasteiger partial charge is 0.410 e. The van der Waals surface area contributed by atoms with E-state index in [1.165, 1.54) is 6.07 Å². The fraction of sp³-hybridized carbons (Fsp3) is 0.341. The van der Waals surface area contributed by atoms with Crippen molar-refractivity contribution >= 4 is 31.3 Å². The molecule has 1 aromatic heterocycles. The molecular formula is C44H52N2O7Si. The third kappa shape index (κ3) is 10.7. The Morgan fingerprint density at radius 2 is 1.43 bits per heavy atom. The van der Waals surface area contributed by atoms with Gasteiger partial charge in [-0.3, -0.25) is 4.79 Å². The van der Waals surface area contributed by atoms with Crippen LogP contribution in [0.4, 0.5) is 4.79 Å². The quantitative estimate of drug-likeness (QED) is 0.0726. The van der Waals surface area contributed by atoms with Gasteiger partial charge in [-0.1, -0.05) is 87.5 Å². The molecule has 1 amide bonds. The van der Waals surface area contributed by atoms with Crippen molar-refractivity contribution in [3.05, 3.63) is 142 Å². The van der Waals surface area contributed by atoms with Crippen LogP contribution in [0.5, 0.6) is 11.5 Å². The van der Waals surface area contributed by atoms with E-state index in [0.29, 0.717) is 42.2 Å². The number of hydrogen-bond acceptors (Lipinski definition) is 7. The van der Waals surface area contributed by atoms with E-state index in [0.717, 1.165) is 22.1 Å². The van der Waals surface area contributed by atoms with Crippen LogP contribution >= 0.6 is 0 Å². The van der Waals surface area contributed by atoms with Gasteiger partial charge in [0.15, 0.2) is 8.32 Å². The van der Waals surface area contributed by atoms with Gasteiger partial charge < -0.3 is 28.5 Å². The normalized spacial score (nSPS) is 12.6. The number of nitrogens with one attached hydrogen (secondary N) is 1. The first-order valence-electron chi connectivity index (χ1n) is 18.3. The Bertz CT molecular complexity index is 2080. The van der Waals surface area contributed by atoms with Crippen molar-refractivity contribution in [1.82, 2.24) is 9.88 Å². The number of carbonyl (C=O) groups is 2. The van der Waals surface area contributed by atoms with Gasteiger partial charge in [-0.25, -0.2) is 9.59 Å². The van der Waals surface area contributed by atoms with E-state index in [1.54, 1.807) is 35.2 Å². The number of hydrogen-bond donors (Lipinski definition) is 1. The first kappa shape index (κ1) is 40.0. The first-order chi connectivity index (χ1) is 25.5. The molecule has 4 aromatic carbocycles. The number of fused-ring (bicyclic) bond motifs is 1. The average Bonchev–Trinajstić information content (AvgIpc) is 3.11. The highest BCUT2D eigenvalue weighted by molar-refractivity contribution is 6.74. The van der Waals surface area contributed by atoms with Crippen LogP contribution in [0, 0.1) is 0 Å². The molecule has 54 heavy (non-hydrogen) atoms. The zero-order valence-corrected chi connectivity index (χ0v) is 33.6. The Labute approximate surface area is 319 Å². The number of H-pyrrole nitrogens is 1. The molecule has 0 saturated carbocycles. The molecule has 0 radical (unpaired) electrons. The molecule has 1 heterocycles. The molecule has 0 fully saturated rings. The lowest BCUT2D eigenvalue weighted by Gasteiger charge is -2.41. The molecule has 0 saturated heterocycles. The van der Waals surface area contributed by atoms with E-state index in [9.17, 15) is 14.4 Å². The highest BCUT2D eigenvalue weighted by Crippen LogP contribution is 2.42. The number of pyridine rings is 1. The molecule has 284 valence electrons. The summed E-state index contributed by atoms with van der Waals surface area (Å²) in [6.07, 6.45) is -0.527. The molecule has 5 rings (SSSR count). The topological polar surface area (TPSA) is 107 Å². The predicted octanol–water partition coefficient (Wildman–Crippen LogP) is 9.87. The summed E-state index contributed by atoms with van der Waals surface area (Å²) in [6, 6.07) is 33.1. The van der Waals surface area contributed by atoms with Crippen LogP contribution < -0.4 is 15.0 Å². The van der Waals surface area contributed by atoms with Crippen LogP contribution in [0.3, 0.4) is 0 Å². The second-order valence-electron chi connectivity index (χ2n) is 16.0. The summed E-state index contributed by atoms with van der Waals surface area (Å²) in [7, 11) is -2.43. The summed E-state index contributed by atoms with van der Waals surface area (Å²) >= 11 is 0. The van der Waals surface area contributed by atoms with Gasteiger partial charge in [0, 0.05) is 18.0 Å². The van der Waals surface area contributed by atoms with Crippen LogP contribution in [0.15, 0.2) is 114 Å². The van der Waals surface area contributed by atoms with Gasteiger partial charge in [0.25, 0.3) is 0 Å². The van der Waals surface area contributed by atoms with Crippen molar-refractivity contribution < 1.29 is 28.2 Å². The summed E-state index contributed by atoms with van der Waals surface area (Å²) in [5, 5.41) is 0.639. The molecule has 1 N–H and O–H groups in total. The van der Waals surface area contributed by atoms with Gasteiger partial charge in [0.1, 0.15) is 23.7 Å². The molecule has 0 bridgehead atoms. The largest absolute Gasteiger partial charge is 0.487 e. The molecule has 1 atom stereocenters. The number of ether oxygens (including phenoxy) is 3. The summed E-state index contributed by atoms with van der Waals surface area (Å²) in [6.45, 7) is 17.3. The highest BCUT2D eigenvalue weighted by atomic mass is 28.4. The Morgan fingerprint density at radius 1 is 0.778 bits per heavy atom. The van der Waals surface area contributed by atoms with E-state index >= 15 is 0 Å². The van der Waals surface area contributed by atoms with E-state index in [1.807, 2.05) is 93.6 Å². The first-order valence-corrected chi connectivity index (χ1v) is 21.2. The van der Waals surface area contributed by atoms with E-state index in [2.05, 4.69) is 38.8 Å². The third-order valence-corrected chi connectivity index (χ3v) is 14.1. The molecule has 9 nitrogen and oxygen atoms in total. The minimum Gasteiger partial charge on any atom is -0.487 e. The van der Waals surface area contributed by atoms with Gasteiger partial charge in [-0.2, -0.15) is 0 Å². The number of nitrogens with zero attached hydrogens (tertiary/aromatic N) is 1. The third-order valence-electron chi connectivity index (χ3n) is 9.57. The molecule has 10 heteroatoms. The Hall–Kier alpha value is -5.19. The lowest BCUT2D eigenvalue weighted by atomic mass is 10.0. The van der Waals surface area contributed by atoms with E-state index < -0.39 is 32.1 Å². The minimum absolute atomic E-state index is 0.131. The highest BCUT2D eigenvalue weighted by Gasteiger charge is 2.41. The van der Waals surface area contributed by atoms with Crippen molar-refractivity contribution in [2.75, 3.05) is 13.1 Å². The number of amides is 1. The van der Waals surface area contributed by atoms with Crippen LogP contribution in [-0.2, 0) is 22.2 Å². The number of rotatable bonds is 13. The Balaban J connectivity index is 1.46. The fourth-order valence-electron chi connectivity index (χ4n) is 5.63. The number of aromatic nitrogens is 1. The Morgan fingerprint density at radius 3 is 2.06 bits per heavy atom. The van der Waals surface area contributed by atoms with Crippen molar-refractivity contribution in [3.63, 3.8) is 0 Å².